The van der Waals surface area contributed by atoms with Crippen molar-refractivity contribution in [3.8, 4) is 0 Å². The van der Waals surface area contributed by atoms with Crippen LogP contribution in [-0.2, 0) is 4.74 Å². The van der Waals surface area contributed by atoms with Crippen LogP contribution in [0.3, 0.4) is 0 Å². The van der Waals surface area contributed by atoms with E-state index in [2.05, 4.69) is 26.1 Å². The lowest BCUT2D eigenvalue weighted by Crippen LogP contribution is -2.36. The first-order valence-electron chi connectivity index (χ1n) is 8.38. The zero-order chi connectivity index (χ0) is 13.7. The molecule has 0 aromatic carbocycles. The molecule has 1 atom stereocenters. The second kappa shape index (κ2) is 7.08. The van der Waals surface area contributed by atoms with Gasteiger partial charge in [-0.25, -0.2) is 0 Å². The van der Waals surface area contributed by atoms with Gasteiger partial charge in [0.2, 0.25) is 0 Å². The first-order chi connectivity index (χ1) is 9.05. The molecule has 0 bridgehead atoms. The summed E-state index contributed by atoms with van der Waals surface area (Å²) in [5.74, 6) is 1.84. The van der Waals surface area contributed by atoms with E-state index in [9.17, 15) is 0 Å². The molecule has 0 aromatic heterocycles. The summed E-state index contributed by atoms with van der Waals surface area (Å²) in [5.41, 5.74) is 0.508. The van der Waals surface area contributed by atoms with Crippen molar-refractivity contribution in [2.75, 3.05) is 19.7 Å². The van der Waals surface area contributed by atoms with Gasteiger partial charge >= 0.3 is 0 Å². The Hall–Kier alpha value is -0.0800. The Morgan fingerprint density at radius 2 is 1.68 bits per heavy atom. The van der Waals surface area contributed by atoms with E-state index in [1.54, 1.807) is 0 Å². The Kier molecular flexibility index (Phi) is 5.70. The molecule has 2 nitrogen and oxygen atoms in total. The van der Waals surface area contributed by atoms with Gasteiger partial charge in [-0.2, -0.15) is 0 Å². The van der Waals surface area contributed by atoms with Crippen molar-refractivity contribution in [1.29, 1.82) is 0 Å². The molecule has 1 unspecified atom stereocenters. The van der Waals surface area contributed by atoms with Crippen LogP contribution in [0.25, 0.3) is 0 Å². The molecule has 2 aliphatic rings. The Morgan fingerprint density at radius 3 is 2.26 bits per heavy atom. The first-order valence-corrected chi connectivity index (χ1v) is 8.38. The van der Waals surface area contributed by atoms with Gasteiger partial charge in [-0.15, -0.1) is 0 Å². The molecule has 1 heterocycles. The Bertz CT molecular complexity index is 244. The van der Waals surface area contributed by atoms with E-state index in [-0.39, 0.29) is 0 Å². The molecule has 19 heavy (non-hydrogen) atoms. The predicted molar refractivity (Wildman–Crippen MR) is 81.4 cm³/mol. The van der Waals surface area contributed by atoms with Crippen LogP contribution in [0, 0.1) is 17.3 Å². The van der Waals surface area contributed by atoms with Crippen LogP contribution in [0.4, 0.5) is 0 Å². The van der Waals surface area contributed by atoms with E-state index >= 15 is 0 Å². The molecular weight excluding hydrogens is 234 g/mol. The molecule has 112 valence electrons. The average molecular weight is 267 g/mol. The summed E-state index contributed by atoms with van der Waals surface area (Å²) in [7, 11) is 0. The minimum absolute atomic E-state index is 0.486. The molecule has 0 spiro atoms. The van der Waals surface area contributed by atoms with E-state index in [0.717, 1.165) is 25.0 Å². The monoisotopic (exact) mass is 267 g/mol. The van der Waals surface area contributed by atoms with Crippen molar-refractivity contribution in [3.05, 3.63) is 0 Å². The second-order valence-electron chi connectivity index (χ2n) is 7.73. The summed E-state index contributed by atoms with van der Waals surface area (Å²) in [6, 6.07) is 0. The fourth-order valence-electron chi connectivity index (χ4n) is 3.65. The SMILES string of the molecule is CC(C)(C)C1CCC(CNCC2CCCCO2)CC1. The summed E-state index contributed by atoms with van der Waals surface area (Å²) < 4.78 is 5.77. The van der Waals surface area contributed by atoms with Gasteiger partial charge in [0.25, 0.3) is 0 Å². The van der Waals surface area contributed by atoms with Gasteiger partial charge in [-0.05, 0) is 68.7 Å². The van der Waals surface area contributed by atoms with Gasteiger partial charge in [0.05, 0.1) is 6.10 Å². The van der Waals surface area contributed by atoms with Crippen molar-refractivity contribution in [2.24, 2.45) is 17.3 Å². The van der Waals surface area contributed by atoms with Gasteiger partial charge in [0.15, 0.2) is 0 Å². The Labute approximate surface area is 119 Å². The highest BCUT2D eigenvalue weighted by molar-refractivity contribution is 4.81. The van der Waals surface area contributed by atoms with E-state index in [1.165, 1.54) is 51.5 Å². The lowest BCUT2D eigenvalue weighted by molar-refractivity contribution is 0.0160. The summed E-state index contributed by atoms with van der Waals surface area (Å²) >= 11 is 0. The van der Waals surface area contributed by atoms with E-state index in [4.69, 9.17) is 4.74 Å². The van der Waals surface area contributed by atoms with Crippen LogP contribution >= 0.6 is 0 Å². The minimum Gasteiger partial charge on any atom is -0.377 e. The second-order valence-corrected chi connectivity index (χ2v) is 7.73. The summed E-state index contributed by atoms with van der Waals surface area (Å²) in [4.78, 5) is 0. The molecule has 1 aliphatic carbocycles. The predicted octanol–water partition coefficient (Wildman–Crippen LogP) is 4.00. The smallest absolute Gasteiger partial charge is 0.0699 e. The molecule has 2 fully saturated rings. The zero-order valence-electron chi connectivity index (χ0n) is 13.2. The van der Waals surface area contributed by atoms with E-state index < -0.39 is 0 Å². The minimum atomic E-state index is 0.486. The lowest BCUT2D eigenvalue weighted by Gasteiger charge is -2.37. The third kappa shape index (κ3) is 5.07. The number of nitrogens with one attached hydrogen (secondary N) is 1. The normalized spacial score (nSPS) is 33.3. The van der Waals surface area contributed by atoms with Gasteiger partial charge in [-0.3, -0.25) is 0 Å². The van der Waals surface area contributed by atoms with Crippen molar-refractivity contribution in [1.82, 2.24) is 5.32 Å². The molecular formula is C17H33NO. The summed E-state index contributed by atoms with van der Waals surface area (Å²) in [5, 5.41) is 3.65. The quantitative estimate of drug-likeness (QED) is 0.831. The fraction of sp³-hybridized carbons (Fsp3) is 1.00. The first kappa shape index (κ1) is 15.3. The summed E-state index contributed by atoms with van der Waals surface area (Å²) in [6.07, 6.45) is 10.0. The molecule has 1 N–H and O–H groups in total. The molecule has 2 heteroatoms. The molecule has 1 saturated carbocycles. The van der Waals surface area contributed by atoms with Gasteiger partial charge in [-0.1, -0.05) is 20.8 Å². The molecule has 0 aromatic rings. The number of rotatable bonds is 4. The average Bonchev–Trinajstić information content (AvgIpc) is 2.39. The number of hydrogen-bond acceptors (Lipinski definition) is 2. The van der Waals surface area contributed by atoms with Crippen LogP contribution in [0.5, 0.6) is 0 Å². The standard InChI is InChI=1S/C17H33NO/c1-17(2,3)15-9-7-14(8-10-15)12-18-13-16-6-4-5-11-19-16/h14-16,18H,4-13H2,1-3H3. The lowest BCUT2D eigenvalue weighted by atomic mass is 9.70. The van der Waals surface area contributed by atoms with Crippen LogP contribution in [0.2, 0.25) is 0 Å². The highest BCUT2D eigenvalue weighted by Gasteiger charge is 2.29. The summed E-state index contributed by atoms with van der Waals surface area (Å²) in [6.45, 7) is 10.4. The van der Waals surface area contributed by atoms with Crippen LogP contribution in [0.1, 0.15) is 65.7 Å². The molecule has 0 radical (unpaired) electrons. The van der Waals surface area contributed by atoms with Crippen molar-refractivity contribution >= 4 is 0 Å². The van der Waals surface area contributed by atoms with Crippen molar-refractivity contribution in [3.63, 3.8) is 0 Å². The van der Waals surface area contributed by atoms with Gasteiger partial charge in [0.1, 0.15) is 0 Å². The third-order valence-corrected chi connectivity index (χ3v) is 5.15. The molecule has 1 aliphatic heterocycles. The van der Waals surface area contributed by atoms with Gasteiger partial charge in [0, 0.05) is 13.2 Å². The highest BCUT2D eigenvalue weighted by Crippen LogP contribution is 2.39. The van der Waals surface area contributed by atoms with Gasteiger partial charge < -0.3 is 10.1 Å². The zero-order valence-corrected chi connectivity index (χ0v) is 13.2. The maximum Gasteiger partial charge on any atom is 0.0699 e. The maximum atomic E-state index is 5.77. The highest BCUT2D eigenvalue weighted by atomic mass is 16.5. The number of hydrogen-bond donors (Lipinski definition) is 1. The Morgan fingerprint density at radius 1 is 0.947 bits per heavy atom. The molecule has 0 amide bonds. The van der Waals surface area contributed by atoms with Crippen LogP contribution in [-0.4, -0.2) is 25.8 Å². The topological polar surface area (TPSA) is 21.3 Å². The fourth-order valence-corrected chi connectivity index (χ4v) is 3.65. The Balaban J connectivity index is 1.58. The largest absolute Gasteiger partial charge is 0.377 e. The van der Waals surface area contributed by atoms with E-state index in [1.807, 2.05) is 0 Å². The van der Waals surface area contributed by atoms with Crippen molar-refractivity contribution in [2.45, 2.75) is 71.8 Å². The third-order valence-electron chi connectivity index (χ3n) is 5.15. The maximum absolute atomic E-state index is 5.77. The van der Waals surface area contributed by atoms with E-state index in [0.29, 0.717) is 11.5 Å². The van der Waals surface area contributed by atoms with Crippen LogP contribution < -0.4 is 5.32 Å². The van der Waals surface area contributed by atoms with Crippen molar-refractivity contribution < 1.29 is 4.74 Å². The van der Waals surface area contributed by atoms with Crippen LogP contribution in [0.15, 0.2) is 0 Å². The molecule has 2 rings (SSSR count). The number of ether oxygens (including phenoxy) is 1. The molecule has 1 saturated heterocycles.